The average molecular weight is 342 g/mol. The minimum atomic E-state index is 0.0949. The molecule has 25 heavy (non-hydrogen) atoms. The Balaban J connectivity index is 1.52. The monoisotopic (exact) mass is 342 g/mol. The molecule has 2 aliphatic carbocycles. The van der Waals surface area contributed by atoms with E-state index in [2.05, 4.69) is 17.5 Å². The quantitative estimate of drug-likeness (QED) is 0.449. The molecule has 1 amide bonds. The molecule has 0 aromatic heterocycles. The number of hydrogen-bond acceptors (Lipinski definition) is 3. The summed E-state index contributed by atoms with van der Waals surface area (Å²) in [5.41, 5.74) is 3.66. The fourth-order valence-electron chi connectivity index (χ4n) is 4.02. The molecule has 3 rings (SSSR count). The molecule has 1 aromatic rings. The lowest BCUT2D eigenvalue weighted by molar-refractivity contribution is -0.122. The van der Waals surface area contributed by atoms with Gasteiger partial charge in [-0.1, -0.05) is 51.2 Å². The molecule has 0 aliphatic heterocycles. The molecule has 1 N–H and O–H groups in total. The molecule has 136 valence electrons. The van der Waals surface area contributed by atoms with E-state index in [0.717, 1.165) is 24.2 Å². The summed E-state index contributed by atoms with van der Waals surface area (Å²) in [5, 5.41) is 4.19. The van der Waals surface area contributed by atoms with Crippen molar-refractivity contribution in [2.45, 2.75) is 58.3 Å². The van der Waals surface area contributed by atoms with Crippen LogP contribution in [0.1, 0.15) is 63.9 Å². The van der Waals surface area contributed by atoms with Gasteiger partial charge in [-0.05, 0) is 43.2 Å². The van der Waals surface area contributed by atoms with Gasteiger partial charge < -0.3 is 4.74 Å². The molecule has 2 fully saturated rings. The number of rotatable bonds is 7. The van der Waals surface area contributed by atoms with E-state index in [1.165, 1.54) is 38.5 Å². The molecular weight excluding hydrogens is 312 g/mol. The number of fused-ring (bicyclic) bond motifs is 1. The lowest BCUT2D eigenvalue weighted by atomic mass is 10.0. The summed E-state index contributed by atoms with van der Waals surface area (Å²) in [6, 6.07) is 7.82. The minimum absolute atomic E-state index is 0.0949. The van der Waals surface area contributed by atoms with E-state index in [-0.39, 0.29) is 11.8 Å². The van der Waals surface area contributed by atoms with Crippen molar-refractivity contribution in [2.75, 3.05) is 6.61 Å². The van der Waals surface area contributed by atoms with Crippen molar-refractivity contribution in [2.24, 2.45) is 22.9 Å². The van der Waals surface area contributed by atoms with Gasteiger partial charge in [-0.3, -0.25) is 4.79 Å². The molecule has 0 heterocycles. The molecular formula is C21H30N2O2. The predicted molar refractivity (Wildman–Crippen MR) is 101 cm³/mol. The molecule has 4 nitrogen and oxygen atoms in total. The van der Waals surface area contributed by atoms with E-state index in [4.69, 9.17) is 4.74 Å². The zero-order valence-electron chi connectivity index (χ0n) is 15.2. The lowest BCUT2D eigenvalue weighted by Crippen LogP contribution is -2.21. The van der Waals surface area contributed by atoms with Gasteiger partial charge in [-0.2, -0.15) is 5.10 Å². The van der Waals surface area contributed by atoms with Crippen LogP contribution >= 0.6 is 0 Å². The first-order valence-corrected chi connectivity index (χ1v) is 9.86. The average Bonchev–Trinajstić information content (AvgIpc) is 3.27. The molecule has 2 aliphatic rings. The number of nitrogens with one attached hydrogen (secondary N) is 1. The first kappa shape index (κ1) is 18.0. The van der Waals surface area contributed by atoms with Crippen LogP contribution in [0.5, 0.6) is 5.75 Å². The molecule has 2 saturated carbocycles. The number of carbonyl (C=O) groups excluding carboxylic acids is 1. The van der Waals surface area contributed by atoms with Gasteiger partial charge in [-0.15, -0.1) is 0 Å². The summed E-state index contributed by atoms with van der Waals surface area (Å²) in [7, 11) is 0. The predicted octanol–water partition coefficient (Wildman–Crippen LogP) is 4.53. The maximum Gasteiger partial charge on any atom is 0.243 e. The maximum absolute atomic E-state index is 12.4. The van der Waals surface area contributed by atoms with E-state index < -0.39 is 0 Å². The molecule has 0 bridgehead atoms. The van der Waals surface area contributed by atoms with Gasteiger partial charge in [0.1, 0.15) is 5.75 Å². The molecule has 3 atom stereocenters. The number of para-hydroxylation sites is 1. The SMILES string of the molecule is CCCCOc1ccccc1/C=N\NC(=O)C1[C@H]2CCCCCC[C@@H]12. The Labute approximate surface area is 151 Å². The Kier molecular flexibility index (Phi) is 6.48. The van der Waals surface area contributed by atoms with Crippen LogP contribution in [0.15, 0.2) is 29.4 Å². The second-order valence-electron chi connectivity index (χ2n) is 7.32. The standard InChI is InChI=1S/C21H30N2O2/c1-2-3-14-25-19-13-9-8-10-16(19)15-22-23-21(24)20-17-11-6-4-5-7-12-18(17)20/h8-10,13,15,17-18,20H,2-7,11-12,14H2,1H3,(H,23,24)/b22-15-/t17-,18+,20?. The van der Waals surface area contributed by atoms with Crippen LogP contribution in [0.3, 0.4) is 0 Å². The van der Waals surface area contributed by atoms with Crippen molar-refractivity contribution in [1.82, 2.24) is 5.43 Å². The highest BCUT2D eigenvalue weighted by Gasteiger charge is 2.53. The van der Waals surface area contributed by atoms with Crippen molar-refractivity contribution in [3.05, 3.63) is 29.8 Å². The third-order valence-corrected chi connectivity index (χ3v) is 5.51. The van der Waals surface area contributed by atoms with Crippen LogP contribution in [0.2, 0.25) is 0 Å². The zero-order chi connectivity index (χ0) is 17.5. The van der Waals surface area contributed by atoms with Gasteiger partial charge >= 0.3 is 0 Å². The van der Waals surface area contributed by atoms with Crippen molar-refractivity contribution in [3.63, 3.8) is 0 Å². The van der Waals surface area contributed by atoms with Gasteiger partial charge in [0.2, 0.25) is 5.91 Å². The van der Waals surface area contributed by atoms with Gasteiger partial charge in [-0.25, -0.2) is 5.43 Å². The van der Waals surface area contributed by atoms with Crippen LogP contribution in [0.25, 0.3) is 0 Å². The number of hydrogen-bond donors (Lipinski definition) is 1. The van der Waals surface area contributed by atoms with Crippen LogP contribution < -0.4 is 10.2 Å². The number of hydrazone groups is 1. The summed E-state index contributed by atoms with van der Waals surface area (Å²) in [4.78, 5) is 12.4. The molecule has 0 saturated heterocycles. The van der Waals surface area contributed by atoms with E-state index in [0.29, 0.717) is 18.4 Å². The largest absolute Gasteiger partial charge is 0.493 e. The summed E-state index contributed by atoms with van der Waals surface area (Å²) in [5.74, 6) is 2.30. The fourth-order valence-corrected chi connectivity index (χ4v) is 4.02. The summed E-state index contributed by atoms with van der Waals surface area (Å²) in [6.45, 7) is 2.85. The number of ether oxygens (including phenoxy) is 1. The van der Waals surface area contributed by atoms with Gasteiger partial charge in [0.25, 0.3) is 0 Å². The van der Waals surface area contributed by atoms with Gasteiger partial charge in [0.15, 0.2) is 0 Å². The van der Waals surface area contributed by atoms with Crippen molar-refractivity contribution in [1.29, 1.82) is 0 Å². The summed E-state index contributed by atoms with van der Waals surface area (Å²) in [6.07, 6.45) is 11.5. The third kappa shape index (κ3) is 4.83. The Hall–Kier alpha value is -1.84. The van der Waals surface area contributed by atoms with E-state index in [1.54, 1.807) is 6.21 Å². The van der Waals surface area contributed by atoms with E-state index >= 15 is 0 Å². The normalized spacial score (nSPS) is 25.7. The zero-order valence-corrected chi connectivity index (χ0v) is 15.2. The topological polar surface area (TPSA) is 50.7 Å². The second-order valence-corrected chi connectivity index (χ2v) is 7.32. The number of unbranched alkanes of at least 4 members (excludes halogenated alkanes) is 1. The number of carbonyl (C=O) groups is 1. The number of amides is 1. The van der Waals surface area contributed by atoms with Crippen molar-refractivity contribution >= 4 is 12.1 Å². The Morgan fingerprint density at radius 2 is 1.92 bits per heavy atom. The highest BCUT2D eigenvalue weighted by Crippen LogP contribution is 2.53. The van der Waals surface area contributed by atoms with Gasteiger partial charge in [0.05, 0.1) is 12.8 Å². The number of nitrogens with zero attached hydrogens (tertiary/aromatic N) is 1. The Morgan fingerprint density at radius 1 is 1.20 bits per heavy atom. The van der Waals surface area contributed by atoms with E-state index in [9.17, 15) is 4.79 Å². The van der Waals surface area contributed by atoms with Crippen molar-refractivity contribution < 1.29 is 9.53 Å². The Bertz CT molecular complexity index is 585. The highest BCUT2D eigenvalue weighted by molar-refractivity contribution is 5.86. The first-order valence-electron chi connectivity index (χ1n) is 9.86. The Morgan fingerprint density at radius 3 is 2.64 bits per heavy atom. The molecule has 1 aromatic carbocycles. The molecule has 1 unspecified atom stereocenters. The fraction of sp³-hybridized carbons (Fsp3) is 0.619. The van der Waals surface area contributed by atoms with E-state index in [1.807, 2.05) is 24.3 Å². The smallest absolute Gasteiger partial charge is 0.243 e. The highest BCUT2D eigenvalue weighted by atomic mass is 16.5. The molecule has 0 spiro atoms. The van der Waals surface area contributed by atoms with Gasteiger partial charge in [0, 0.05) is 11.5 Å². The third-order valence-electron chi connectivity index (χ3n) is 5.51. The first-order chi connectivity index (χ1) is 12.3. The molecule has 0 radical (unpaired) electrons. The van der Waals surface area contributed by atoms with Crippen LogP contribution in [-0.2, 0) is 4.79 Å². The van der Waals surface area contributed by atoms with Crippen molar-refractivity contribution in [3.8, 4) is 5.75 Å². The second kappa shape index (κ2) is 9.02. The summed E-state index contributed by atoms with van der Waals surface area (Å²) < 4.78 is 5.80. The van der Waals surface area contributed by atoms with Crippen LogP contribution in [0, 0.1) is 17.8 Å². The number of benzene rings is 1. The summed E-state index contributed by atoms with van der Waals surface area (Å²) >= 11 is 0. The minimum Gasteiger partial charge on any atom is -0.493 e. The van der Waals surface area contributed by atoms with Crippen LogP contribution in [0.4, 0.5) is 0 Å². The maximum atomic E-state index is 12.4. The van der Waals surface area contributed by atoms with Crippen LogP contribution in [-0.4, -0.2) is 18.7 Å². The lowest BCUT2D eigenvalue weighted by Gasteiger charge is -2.08. The molecule has 4 heteroatoms.